The number of hydrogen-bond acceptors (Lipinski definition) is 3. The molecule has 0 saturated carbocycles. The van der Waals surface area contributed by atoms with Gasteiger partial charge in [0.15, 0.2) is 11.6 Å². The van der Waals surface area contributed by atoms with Crippen LogP contribution in [0.15, 0.2) is 35.4 Å². The van der Waals surface area contributed by atoms with Crippen molar-refractivity contribution in [2.45, 2.75) is 24.0 Å². The molecule has 0 bridgehead atoms. The predicted molar refractivity (Wildman–Crippen MR) is 90.3 cm³/mol. The van der Waals surface area contributed by atoms with Crippen LogP contribution in [-0.2, 0) is 17.1 Å². The summed E-state index contributed by atoms with van der Waals surface area (Å²) in [5.41, 5.74) is -0.189. The molecule has 1 N–H and O–H groups in total. The van der Waals surface area contributed by atoms with Crippen molar-refractivity contribution in [1.82, 2.24) is 9.29 Å². The lowest BCUT2D eigenvalue weighted by Gasteiger charge is -2.17. The second-order valence-corrected chi connectivity index (χ2v) is 7.73. The van der Waals surface area contributed by atoms with Gasteiger partial charge >= 0.3 is 6.18 Å². The van der Waals surface area contributed by atoms with E-state index in [9.17, 15) is 35.2 Å². The van der Waals surface area contributed by atoms with Crippen molar-refractivity contribution in [2.24, 2.45) is 7.05 Å². The van der Waals surface area contributed by atoms with Crippen molar-refractivity contribution in [2.75, 3.05) is 11.9 Å². The number of aromatic nitrogens is 1. The summed E-state index contributed by atoms with van der Waals surface area (Å²) in [6, 6.07) is 1.30. The summed E-state index contributed by atoms with van der Waals surface area (Å²) in [5, 5.41) is 0. The Labute approximate surface area is 157 Å². The number of amides is 1. The van der Waals surface area contributed by atoms with Gasteiger partial charge in [-0.3, -0.25) is 4.79 Å². The summed E-state index contributed by atoms with van der Waals surface area (Å²) in [5.74, 6) is -3.07. The molecule has 0 aliphatic carbocycles. The van der Waals surface area contributed by atoms with Crippen LogP contribution in [0.4, 0.5) is 27.6 Å². The number of anilines is 1. The van der Waals surface area contributed by atoms with E-state index < -0.39 is 44.7 Å². The number of nitrogens with zero attached hydrogens (tertiary/aromatic N) is 2. The van der Waals surface area contributed by atoms with Gasteiger partial charge in [0.05, 0.1) is 0 Å². The van der Waals surface area contributed by atoms with Crippen LogP contribution in [-0.4, -0.2) is 38.2 Å². The Balaban J connectivity index is 2.32. The number of hydrogen-bond donors (Lipinski definition) is 1. The minimum absolute atomic E-state index is 0.00155. The molecular formula is C16H16F5N3O3S. The quantitative estimate of drug-likeness (QED) is 0.749. The van der Waals surface area contributed by atoms with Crippen molar-refractivity contribution in [3.05, 3.63) is 47.8 Å². The molecule has 28 heavy (non-hydrogen) atoms. The second-order valence-electron chi connectivity index (χ2n) is 6.02. The van der Waals surface area contributed by atoms with Crippen molar-refractivity contribution in [1.29, 1.82) is 0 Å². The van der Waals surface area contributed by atoms with Gasteiger partial charge in [-0.2, -0.15) is 17.9 Å². The third-order valence-corrected chi connectivity index (χ3v) is 5.44. The van der Waals surface area contributed by atoms with Crippen molar-refractivity contribution >= 4 is 21.6 Å². The van der Waals surface area contributed by atoms with Crippen molar-refractivity contribution in [3.63, 3.8) is 0 Å². The normalized spacial score (nSPS) is 13.4. The minimum atomic E-state index is -4.78. The van der Waals surface area contributed by atoms with E-state index in [1.807, 2.05) is 0 Å². The topological polar surface area (TPSA) is 71.4 Å². The van der Waals surface area contributed by atoms with E-state index in [0.29, 0.717) is 6.92 Å². The maximum absolute atomic E-state index is 13.4. The highest BCUT2D eigenvalue weighted by Gasteiger charge is 2.39. The second kappa shape index (κ2) is 7.51. The summed E-state index contributed by atoms with van der Waals surface area (Å²) in [7, 11) is -1.98. The molecule has 0 unspecified atom stereocenters. The lowest BCUT2D eigenvalue weighted by atomic mass is 10.2. The molecule has 1 aromatic heterocycles. The highest BCUT2D eigenvalue weighted by molar-refractivity contribution is 7.89. The van der Waals surface area contributed by atoms with Crippen LogP contribution in [0.3, 0.4) is 0 Å². The highest BCUT2D eigenvalue weighted by Crippen LogP contribution is 2.24. The van der Waals surface area contributed by atoms with Gasteiger partial charge in [0, 0.05) is 32.0 Å². The Kier molecular flexibility index (Phi) is 5.85. The minimum Gasteiger partial charge on any atom is -0.345 e. The molecule has 0 fully saturated rings. The lowest BCUT2D eigenvalue weighted by Crippen LogP contribution is -2.42. The van der Waals surface area contributed by atoms with E-state index in [0.717, 1.165) is 39.9 Å². The van der Waals surface area contributed by atoms with Crippen LogP contribution in [0.5, 0.6) is 0 Å². The number of sulfonamides is 1. The summed E-state index contributed by atoms with van der Waals surface area (Å²) >= 11 is 0. The van der Waals surface area contributed by atoms with Crippen LogP contribution >= 0.6 is 0 Å². The molecule has 1 heterocycles. The Hall–Kier alpha value is -2.47. The van der Waals surface area contributed by atoms with Gasteiger partial charge < -0.3 is 9.47 Å². The number of nitrogens with one attached hydrogen (secondary N) is 1. The number of rotatable bonds is 5. The predicted octanol–water partition coefficient (Wildman–Crippen LogP) is 2.81. The summed E-state index contributed by atoms with van der Waals surface area (Å²) in [6.45, 7) is 0.642. The number of halogens is 5. The van der Waals surface area contributed by atoms with E-state index in [1.165, 1.54) is 18.8 Å². The fourth-order valence-corrected chi connectivity index (χ4v) is 3.54. The smallest absolute Gasteiger partial charge is 0.345 e. The first kappa shape index (κ1) is 21.8. The zero-order valence-electron chi connectivity index (χ0n) is 14.9. The summed E-state index contributed by atoms with van der Waals surface area (Å²) in [4.78, 5) is 13.0. The number of alkyl halides is 3. The molecule has 1 atom stereocenters. The zero-order valence-corrected chi connectivity index (χ0v) is 15.7. The first-order chi connectivity index (χ1) is 12.7. The van der Waals surface area contributed by atoms with Gasteiger partial charge in [-0.05, 0) is 25.1 Å². The maximum atomic E-state index is 13.4. The fourth-order valence-electron chi connectivity index (χ4n) is 2.24. The van der Waals surface area contributed by atoms with Gasteiger partial charge in [0.1, 0.15) is 16.6 Å². The summed E-state index contributed by atoms with van der Waals surface area (Å²) < 4.78 is 91.1. The van der Waals surface area contributed by atoms with Gasteiger partial charge in [-0.1, -0.05) is 0 Å². The lowest BCUT2D eigenvalue weighted by molar-refractivity contribution is -0.147. The number of aryl methyl sites for hydroxylation is 1. The molecule has 0 aliphatic heterocycles. The molecule has 12 heteroatoms. The monoisotopic (exact) mass is 425 g/mol. The largest absolute Gasteiger partial charge is 0.404 e. The van der Waals surface area contributed by atoms with Gasteiger partial charge in [0.25, 0.3) is 5.91 Å². The molecular weight excluding hydrogens is 409 g/mol. The Morgan fingerprint density at radius 2 is 1.79 bits per heavy atom. The van der Waals surface area contributed by atoms with E-state index in [4.69, 9.17) is 0 Å². The molecule has 1 amide bonds. The van der Waals surface area contributed by atoms with E-state index >= 15 is 0 Å². The fraction of sp³-hybridized carbons (Fsp3) is 0.312. The van der Waals surface area contributed by atoms with Crippen molar-refractivity contribution < 1.29 is 35.2 Å². The van der Waals surface area contributed by atoms with E-state index in [2.05, 4.69) is 0 Å². The molecule has 0 radical (unpaired) electrons. The summed E-state index contributed by atoms with van der Waals surface area (Å²) in [6.07, 6.45) is -3.81. The SMILES string of the molecule is C[C@H](NS(=O)(=O)c1cc(C(=O)N(C)c2ccc(F)c(F)c2)n(C)c1)C(F)(F)F. The molecule has 0 saturated heterocycles. The first-order valence-electron chi connectivity index (χ1n) is 7.72. The molecule has 1 aromatic carbocycles. The molecule has 6 nitrogen and oxygen atoms in total. The number of carbonyl (C=O) groups excluding carboxylic acids is 1. The third kappa shape index (κ3) is 4.50. The third-order valence-electron chi connectivity index (χ3n) is 3.93. The van der Waals surface area contributed by atoms with Crippen LogP contribution in [0.1, 0.15) is 17.4 Å². The van der Waals surface area contributed by atoms with Crippen LogP contribution in [0, 0.1) is 11.6 Å². The number of carbonyl (C=O) groups is 1. The average molecular weight is 425 g/mol. The van der Waals surface area contributed by atoms with E-state index in [1.54, 1.807) is 0 Å². The van der Waals surface area contributed by atoms with Crippen LogP contribution in [0.25, 0.3) is 0 Å². The van der Waals surface area contributed by atoms with Gasteiger partial charge in [-0.25, -0.2) is 17.2 Å². The number of benzene rings is 1. The molecule has 2 aromatic rings. The van der Waals surface area contributed by atoms with Gasteiger partial charge in [-0.15, -0.1) is 0 Å². The molecule has 0 aliphatic rings. The molecule has 0 spiro atoms. The molecule has 2 rings (SSSR count). The van der Waals surface area contributed by atoms with Gasteiger partial charge in [0.2, 0.25) is 10.0 Å². The Morgan fingerprint density at radius 1 is 1.18 bits per heavy atom. The Morgan fingerprint density at radius 3 is 2.32 bits per heavy atom. The molecule has 154 valence electrons. The van der Waals surface area contributed by atoms with E-state index in [-0.39, 0.29) is 11.4 Å². The van der Waals surface area contributed by atoms with Crippen molar-refractivity contribution in [3.8, 4) is 0 Å². The zero-order chi connectivity index (χ0) is 21.4. The standard InChI is InChI=1S/C16H16F5N3O3S/c1-9(16(19,20)21)22-28(26,27)11-7-14(23(2)8-11)15(25)24(3)10-4-5-12(17)13(18)6-10/h4-9,22H,1-3H3/t9-/m0/s1. The maximum Gasteiger partial charge on any atom is 0.404 e. The Bertz CT molecular complexity index is 1000. The average Bonchev–Trinajstić information content (AvgIpc) is 2.97. The van der Waals surface area contributed by atoms with Crippen LogP contribution in [0.2, 0.25) is 0 Å². The highest BCUT2D eigenvalue weighted by atomic mass is 32.2. The first-order valence-corrected chi connectivity index (χ1v) is 9.21. The van der Waals surface area contributed by atoms with Crippen LogP contribution < -0.4 is 9.62 Å².